The molecule has 3 unspecified atom stereocenters. The number of rotatable bonds is 84. The van der Waals surface area contributed by atoms with Gasteiger partial charge < -0.3 is 33.8 Å². The average molecular weight is 1510 g/mol. The Hall–Kier alpha value is -1.94. The molecule has 0 aliphatic heterocycles. The summed E-state index contributed by atoms with van der Waals surface area (Å²) in [7, 11) is -9.92. The van der Waals surface area contributed by atoms with E-state index in [0.717, 1.165) is 109 Å². The summed E-state index contributed by atoms with van der Waals surface area (Å²) in [6.07, 6.45) is 69.6. The van der Waals surface area contributed by atoms with Gasteiger partial charge in [0.2, 0.25) is 0 Å². The molecule has 0 bridgehead atoms. The Morgan fingerprint density at radius 3 is 0.689 bits per heavy atom. The molecule has 0 aliphatic rings. The van der Waals surface area contributed by atoms with Crippen LogP contribution in [0.5, 0.6) is 0 Å². The Morgan fingerprint density at radius 2 is 0.466 bits per heavy atom. The quantitative estimate of drug-likeness (QED) is 0.0222. The maximum absolute atomic E-state index is 13.1. The van der Waals surface area contributed by atoms with Crippen molar-refractivity contribution in [1.29, 1.82) is 0 Å². The van der Waals surface area contributed by atoms with Crippen molar-refractivity contribution in [2.45, 2.75) is 470 Å². The first kappa shape index (κ1) is 101. The average Bonchev–Trinajstić information content (AvgIpc) is 0.911. The maximum Gasteiger partial charge on any atom is 0.472 e. The highest BCUT2D eigenvalue weighted by molar-refractivity contribution is 7.47. The number of carbonyl (C=O) groups excluding carboxylic acids is 4. The molecule has 0 fully saturated rings. The third kappa shape index (κ3) is 76.6. The molecule has 0 spiro atoms. The molecule has 0 radical (unpaired) electrons. The van der Waals surface area contributed by atoms with E-state index in [9.17, 15) is 43.2 Å². The summed E-state index contributed by atoms with van der Waals surface area (Å²) in [5, 5.41) is 10.6. The first-order chi connectivity index (χ1) is 50.1. The van der Waals surface area contributed by atoms with Gasteiger partial charge in [0, 0.05) is 25.7 Å². The Bertz CT molecular complexity index is 1960. The van der Waals surface area contributed by atoms with Crippen LogP contribution in [0, 0.1) is 5.92 Å². The molecule has 17 nitrogen and oxygen atoms in total. The molecule has 3 N–H and O–H groups in total. The molecule has 0 aliphatic carbocycles. The highest BCUT2D eigenvalue weighted by Crippen LogP contribution is 2.45. The summed E-state index contributed by atoms with van der Waals surface area (Å²) in [6.45, 7) is 7.38. The van der Waals surface area contributed by atoms with Gasteiger partial charge in [-0.15, -0.1) is 0 Å². The molecule has 0 amide bonds. The van der Waals surface area contributed by atoms with E-state index in [-0.39, 0.29) is 25.7 Å². The SMILES string of the molecule is CCCCCCCCCCCCCCCCCCCCCC(=O)OC[C@H](COP(=O)(O)OC[C@@H](O)COP(=O)(O)OC[C@@H](COC(=O)CCCCCCCCC)OC(=O)CCCCCCCCCCCCCCCCC)OC(=O)CCCCCCCCCCCCCCCCCCCCC(C)CC. The van der Waals surface area contributed by atoms with Crippen LogP contribution in [0.15, 0.2) is 0 Å². The van der Waals surface area contributed by atoms with Crippen molar-refractivity contribution in [2.75, 3.05) is 39.6 Å². The van der Waals surface area contributed by atoms with Gasteiger partial charge in [0.05, 0.1) is 26.4 Å². The van der Waals surface area contributed by atoms with Crippen molar-refractivity contribution >= 4 is 39.5 Å². The normalized spacial score (nSPS) is 14.1. The number of aliphatic hydroxyl groups excluding tert-OH is 1. The molecule has 0 aromatic carbocycles. The zero-order chi connectivity index (χ0) is 75.5. The van der Waals surface area contributed by atoms with Crippen LogP contribution in [0.25, 0.3) is 0 Å². The Labute approximate surface area is 632 Å². The van der Waals surface area contributed by atoms with Crippen LogP contribution in [0.1, 0.15) is 452 Å². The predicted octanol–water partition coefficient (Wildman–Crippen LogP) is 25.6. The van der Waals surface area contributed by atoms with Crippen LogP contribution in [0.3, 0.4) is 0 Å². The second kappa shape index (κ2) is 76.8. The third-order valence-electron chi connectivity index (χ3n) is 20.1. The second-order valence-electron chi connectivity index (χ2n) is 30.5. The van der Waals surface area contributed by atoms with Crippen molar-refractivity contribution in [2.24, 2.45) is 5.92 Å². The zero-order valence-corrected chi connectivity index (χ0v) is 69.3. The number of aliphatic hydroxyl groups is 1. The molecule has 0 aromatic rings. The van der Waals surface area contributed by atoms with Crippen LogP contribution in [-0.2, 0) is 65.4 Å². The standard InChI is InChI=1S/C84H164O17P2/c1-6-10-13-16-19-21-23-25-27-28-29-33-37-40-44-48-53-58-63-68-82(87)95-74-80(101-84(89)70-65-60-55-50-46-42-38-34-31-30-32-36-39-43-47-52-56-61-66-77(5)9-4)76-99-103(92,93)97-72-78(85)71-96-102(90,91)98-75-79(73-94-81(86)67-62-57-51-18-15-12-8-3)100-83(88)69-64-59-54-49-45-41-35-26-24-22-20-17-14-11-7-2/h77-80,85H,6-76H2,1-5H3,(H,90,91)(H,92,93)/t77?,78-,79+,80+/m0/s1. The van der Waals surface area contributed by atoms with Crippen LogP contribution >= 0.6 is 15.6 Å². The number of unbranched alkanes of at least 4 members (excludes halogenated alkanes) is 55. The second-order valence-corrected chi connectivity index (χ2v) is 33.4. The molecule has 19 heteroatoms. The fourth-order valence-electron chi connectivity index (χ4n) is 13.1. The first-order valence-corrected chi connectivity index (χ1v) is 46.7. The summed E-state index contributed by atoms with van der Waals surface area (Å²) < 4.78 is 68.7. The van der Waals surface area contributed by atoms with E-state index in [1.165, 1.54) is 263 Å². The minimum Gasteiger partial charge on any atom is -0.462 e. The van der Waals surface area contributed by atoms with Gasteiger partial charge in [0.25, 0.3) is 0 Å². The first-order valence-electron chi connectivity index (χ1n) is 43.7. The minimum atomic E-state index is -4.96. The van der Waals surface area contributed by atoms with E-state index in [1.807, 2.05) is 0 Å². The van der Waals surface area contributed by atoms with Gasteiger partial charge in [-0.1, -0.05) is 401 Å². The lowest BCUT2D eigenvalue weighted by molar-refractivity contribution is -0.161. The van der Waals surface area contributed by atoms with Crippen LogP contribution < -0.4 is 0 Å². The largest absolute Gasteiger partial charge is 0.472 e. The zero-order valence-electron chi connectivity index (χ0n) is 67.5. The van der Waals surface area contributed by atoms with Crippen molar-refractivity contribution in [3.8, 4) is 0 Å². The Kier molecular flexibility index (Phi) is 75.4. The van der Waals surface area contributed by atoms with Gasteiger partial charge in [0.15, 0.2) is 12.2 Å². The molecule has 103 heavy (non-hydrogen) atoms. The molecular weight excluding hydrogens is 1340 g/mol. The monoisotopic (exact) mass is 1510 g/mol. The lowest BCUT2D eigenvalue weighted by atomic mass is 9.99. The molecule has 6 atom stereocenters. The van der Waals surface area contributed by atoms with E-state index >= 15 is 0 Å². The summed E-state index contributed by atoms with van der Waals surface area (Å²) in [4.78, 5) is 73.0. The Morgan fingerprint density at radius 1 is 0.272 bits per heavy atom. The fourth-order valence-corrected chi connectivity index (χ4v) is 14.7. The molecule has 0 aromatic heterocycles. The molecule has 0 saturated heterocycles. The van der Waals surface area contributed by atoms with E-state index in [1.54, 1.807) is 0 Å². The number of phosphoric ester groups is 2. The minimum absolute atomic E-state index is 0.108. The number of esters is 4. The van der Waals surface area contributed by atoms with E-state index in [4.69, 9.17) is 37.0 Å². The number of phosphoric acid groups is 2. The highest BCUT2D eigenvalue weighted by atomic mass is 31.2. The Balaban J connectivity index is 5.16. The van der Waals surface area contributed by atoms with Gasteiger partial charge >= 0.3 is 39.5 Å². The smallest absolute Gasteiger partial charge is 0.462 e. The van der Waals surface area contributed by atoms with Gasteiger partial charge in [0.1, 0.15) is 19.3 Å². The summed E-state index contributed by atoms with van der Waals surface area (Å²) in [5.41, 5.74) is 0. The lowest BCUT2D eigenvalue weighted by Crippen LogP contribution is -2.30. The molecule has 0 rings (SSSR count). The molecule has 0 heterocycles. The van der Waals surface area contributed by atoms with Crippen LogP contribution in [0.2, 0.25) is 0 Å². The number of hydrogen-bond donors (Lipinski definition) is 3. The predicted molar refractivity (Wildman–Crippen MR) is 423 cm³/mol. The molecule has 612 valence electrons. The van der Waals surface area contributed by atoms with E-state index < -0.39 is 97.5 Å². The fraction of sp³-hybridized carbons (Fsp3) is 0.952. The summed E-state index contributed by atoms with van der Waals surface area (Å²) >= 11 is 0. The van der Waals surface area contributed by atoms with Gasteiger partial charge in [-0.05, 0) is 31.6 Å². The van der Waals surface area contributed by atoms with Crippen molar-refractivity contribution < 1.29 is 80.2 Å². The van der Waals surface area contributed by atoms with Crippen LogP contribution in [-0.4, -0.2) is 96.7 Å². The third-order valence-corrected chi connectivity index (χ3v) is 22.0. The summed E-state index contributed by atoms with van der Waals surface area (Å²) in [5.74, 6) is -1.24. The van der Waals surface area contributed by atoms with Gasteiger partial charge in [-0.25, -0.2) is 9.13 Å². The molecular formula is C84H164O17P2. The van der Waals surface area contributed by atoms with Gasteiger partial charge in [-0.2, -0.15) is 0 Å². The van der Waals surface area contributed by atoms with Crippen molar-refractivity contribution in [3.63, 3.8) is 0 Å². The van der Waals surface area contributed by atoms with E-state index in [0.29, 0.717) is 25.7 Å². The van der Waals surface area contributed by atoms with E-state index in [2.05, 4.69) is 34.6 Å². The number of hydrogen-bond acceptors (Lipinski definition) is 15. The van der Waals surface area contributed by atoms with Crippen molar-refractivity contribution in [3.05, 3.63) is 0 Å². The lowest BCUT2D eigenvalue weighted by Gasteiger charge is -2.21. The molecule has 0 saturated carbocycles. The number of ether oxygens (including phenoxy) is 4. The topological polar surface area (TPSA) is 237 Å². The van der Waals surface area contributed by atoms with Crippen LogP contribution in [0.4, 0.5) is 0 Å². The van der Waals surface area contributed by atoms with Crippen molar-refractivity contribution in [1.82, 2.24) is 0 Å². The van der Waals surface area contributed by atoms with Gasteiger partial charge in [-0.3, -0.25) is 37.3 Å². The highest BCUT2D eigenvalue weighted by Gasteiger charge is 2.30. The number of carbonyl (C=O) groups is 4. The maximum atomic E-state index is 13.1. The summed E-state index contributed by atoms with van der Waals surface area (Å²) in [6, 6.07) is 0.